The van der Waals surface area contributed by atoms with Gasteiger partial charge in [0.15, 0.2) is 0 Å². The summed E-state index contributed by atoms with van der Waals surface area (Å²) in [6, 6.07) is -0.501. The van der Waals surface area contributed by atoms with Gasteiger partial charge in [-0.25, -0.2) is 0 Å². The summed E-state index contributed by atoms with van der Waals surface area (Å²) < 4.78 is 0. The number of nitrogens with two attached hydrogens (primary N) is 1. The molecule has 0 aromatic heterocycles. The molecule has 1 fully saturated rings. The second-order valence-corrected chi connectivity index (χ2v) is 4.60. The van der Waals surface area contributed by atoms with E-state index in [1.54, 1.807) is 6.92 Å². The Kier molecular flexibility index (Phi) is 4.47. The quantitative estimate of drug-likeness (QED) is 0.685. The van der Waals surface area contributed by atoms with E-state index in [1.165, 1.54) is 16.8 Å². The number of likely N-dealkylation sites (tertiary alicyclic amines) is 1. The van der Waals surface area contributed by atoms with Gasteiger partial charge in [0.2, 0.25) is 17.7 Å². The van der Waals surface area contributed by atoms with Crippen molar-refractivity contribution in [2.24, 2.45) is 5.73 Å². The molecule has 18 heavy (non-hydrogen) atoms. The van der Waals surface area contributed by atoms with Gasteiger partial charge >= 0.3 is 0 Å². The number of hydrogen-bond donors (Lipinski definition) is 1. The van der Waals surface area contributed by atoms with Crippen LogP contribution in [0.15, 0.2) is 12.2 Å². The third kappa shape index (κ3) is 3.09. The minimum atomic E-state index is -0.568. The van der Waals surface area contributed by atoms with Crippen molar-refractivity contribution in [2.75, 3.05) is 20.1 Å². The van der Waals surface area contributed by atoms with Crippen molar-refractivity contribution in [1.29, 1.82) is 0 Å². The van der Waals surface area contributed by atoms with E-state index in [0.717, 1.165) is 6.42 Å². The first-order valence-electron chi connectivity index (χ1n) is 5.84. The molecule has 0 aliphatic carbocycles. The normalized spacial score (nSPS) is 18.6. The molecule has 6 heteroatoms. The number of nitrogens with zero attached hydrogens (tertiary/aromatic N) is 2. The second-order valence-electron chi connectivity index (χ2n) is 4.60. The third-order valence-corrected chi connectivity index (χ3v) is 2.93. The van der Waals surface area contributed by atoms with Gasteiger partial charge in [-0.1, -0.05) is 6.58 Å². The van der Waals surface area contributed by atoms with Crippen LogP contribution in [0, 0.1) is 0 Å². The summed E-state index contributed by atoms with van der Waals surface area (Å²) in [6.07, 6.45) is 1.39. The summed E-state index contributed by atoms with van der Waals surface area (Å²) in [7, 11) is 1.51. The van der Waals surface area contributed by atoms with Gasteiger partial charge < -0.3 is 15.5 Å². The van der Waals surface area contributed by atoms with Gasteiger partial charge in [-0.2, -0.15) is 0 Å². The number of amides is 3. The third-order valence-electron chi connectivity index (χ3n) is 2.93. The Labute approximate surface area is 106 Å². The molecule has 6 nitrogen and oxygen atoms in total. The van der Waals surface area contributed by atoms with Crippen LogP contribution in [0.3, 0.4) is 0 Å². The van der Waals surface area contributed by atoms with Gasteiger partial charge in [0.05, 0.1) is 6.54 Å². The summed E-state index contributed by atoms with van der Waals surface area (Å²) in [5.41, 5.74) is 5.45. The molecule has 0 spiro atoms. The number of carbonyl (C=O) groups excluding carboxylic acids is 3. The summed E-state index contributed by atoms with van der Waals surface area (Å²) in [5, 5.41) is 0. The molecule has 0 unspecified atom stereocenters. The maximum Gasteiger partial charge on any atom is 0.249 e. The van der Waals surface area contributed by atoms with Crippen molar-refractivity contribution in [3.8, 4) is 0 Å². The van der Waals surface area contributed by atoms with Crippen LogP contribution < -0.4 is 5.73 Å². The zero-order chi connectivity index (χ0) is 13.9. The second kappa shape index (κ2) is 5.66. The lowest BCUT2D eigenvalue weighted by Crippen LogP contribution is -2.48. The monoisotopic (exact) mass is 253 g/mol. The van der Waals surface area contributed by atoms with E-state index < -0.39 is 11.9 Å². The number of hydrogen-bond acceptors (Lipinski definition) is 3. The van der Waals surface area contributed by atoms with E-state index in [-0.39, 0.29) is 18.4 Å². The maximum atomic E-state index is 12.1. The van der Waals surface area contributed by atoms with Crippen molar-refractivity contribution in [2.45, 2.75) is 25.8 Å². The summed E-state index contributed by atoms with van der Waals surface area (Å²) in [5.74, 6) is -1.03. The van der Waals surface area contributed by atoms with Crippen LogP contribution in [0.2, 0.25) is 0 Å². The van der Waals surface area contributed by atoms with Gasteiger partial charge in [-0.15, -0.1) is 0 Å². The largest absolute Gasteiger partial charge is 0.368 e. The molecule has 0 radical (unpaired) electrons. The van der Waals surface area contributed by atoms with Crippen LogP contribution >= 0.6 is 0 Å². The molecule has 3 amide bonds. The Morgan fingerprint density at radius 3 is 2.56 bits per heavy atom. The molecular weight excluding hydrogens is 234 g/mol. The summed E-state index contributed by atoms with van der Waals surface area (Å²) in [6.45, 7) is 5.63. The van der Waals surface area contributed by atoms with E-state index in [9.17, 15) is 14.4 Å². The SMILES string of the molecule is C=C(C)C(=O)N1CCC[C@H]1C(=O)N(C)CC(N)=O. The van der Waals surface area contributed by atoms with E-state index in [4.69, 9.17) is 5.73 Å². The predicted molar refractivity (Wildman–Crippen MR) is 66.4 cm³/mol. The first-order valence-corrected chi connectivity index (χ1v) is 5.84. The number of carbonyl (C=O) groups is 3. The topological polar surface area (TPSA) is 83.7 Å². The Morgan fingerprint density at radius 1 is 1.44 bits per heavy atom. The molecular formula is C12H19N3O3. The van der Waals surface area contributed by atoms with Gasteiger partial charge in [0.1, 0.15) is 6.04 Å². The van der Waals surface area contributed by atoms with Crippen molar-refractivity contribution in [1.82, 2.24) is 9.80 Å². The molecule has 2 N–H and O–H groups in total. The van der Waals surface area contributed by atoms with E-state index in [1.807, 2.05) is 0 Å². The van der Waals surface area contributed by atoms with E-state index >= 15 is 0 Å². The highest BCUT2D eigenvalue weighted by Crippen LogP contribution is 2.20. The average Bonchev–Trinajstić information content (AvgIpc) is 2.74. The maximum absolute atomic E-state index is 12.1. The molecule has 0 aromatic carbocycles. The number of primary amides is 1. The smallest absolute Gasteiger partial charge is 0.249 e. The zero-order valence-corrected chi connectivity index (χ0v) is 10.8. The summed E-state index contributed by atoms with van der Waals surface area (Å²) >= 11 is 0. The van der Waals surface area contributed by atoms with Crippen LogP contribution in [0.4, 0.5) is 0 Å². The molecule has 1 saturated heterocycles. The first-order chi connectivity index (χ1) is 8.34. The Bertz CT molecular complexity index is 392. The Hall–Kier alpha value is -1.85. The predicted octanol–water partition coefficient (Wildman–Crippen LogP) is -0.503. The standard InChI is InChI=1S/C12H19N3O3/c1-8(2)11(17)15-6-4-5-9(15)12(18)14(3)7-10(13)16/h9H,1,4-7H2,2-3H3,(H2,13,16)/t9-/m0/s1. The van der Waals surface area contributed by atoms with Gasteiger partial charge in [-0.3, -0.25) is 14.4 Å². The van der Waals surface area contributed by atoms with Crippen LogP contribution in [-0.2, 0) is 14.4 Å². The molecule has 1 heterocycles. The fraction of sp³-hybridized carbons (Fsp3) is 0.583. The lowest BCUT2D eigenvalue weighted by molar-refractivity contribution is -0.142. The highest BCUT2D eigenvalue weighted by Gasteiger charge is 2.35. The Balaban J connectivity index is 2.75. The fourth-order valence-corrected chi connectivity index (χ4v) is 2.08. The molecule has 1 aliphatic rings. The molecule has 1 atom stereocenters. The van der Waals surface area contributed by atoms with Crippen molar-refractivity contribution in [3.63, 3.8) is 0 Å². The van der Waals surface area contributed by atoms with Crippen molar-refractivity contribution < 1.29 is 14.4 Å². The highest BCUT2D eigenvalue weighted by molar-refractivity contribution is 5.97. The van der Waals surface area contributed by atoms with Crippen LogP contribution in [0.25, 0.3) is 0 Å². The van der Waals surface area contributed by atoms with Crippen LogP contribution in [0.1, 0.15) is 19.8 Å². The van der Waals surface area contributed by atoms with Crippen molar-refractivity contribution in [3.05, 3.63) is 12.2 Å². The average molecular weight is 253 g/mol. The van der Waals surface area contributed by atoms with Crippen molar-refractivity contribution >= 4 is 17.7 Å². The molecule has 0 saturated carbocycles. The molecule has 0 bridgehead atoms. The first kappa shape index (κ1) is 14.2. The van der Waals surface area contributed by atoms with E-state index in [0.29, 0.717) is 18.5 Å². The molecule has 100 valence electrons. The van der Waals surface area contributed by atoms with Gasteiger partial charge in [0, 0.05) is 19.2 Å². The minimum Gasteiger partial charge on any atom is -0.368 e. The molecule has 0 aromatic rings. The highest BCUT2D eigenvalue weighted by atomic mass is 16.2. The summed E-state index contributed by atoms with van der Waals surface area (Å²) in [4.78, 5) is 37.5. The lowest BCUT2D eigenvalue weighted by atomic mass is 10.2. The lowest BCUT2D eigenvalue weighted by Gasteiger charge is -2.27. The fourth-order valence-electron chi connectivity index (χ4n) is 2.08. The number of rotatable bonds is 4. The Morgan fingerprint density at radius 2 is 2.06 bits per heavy atom. The zero-order valence-electron chi connectivity index (χ0n) is 10.8. The molecule has 1 aliphatic heterocycles. The molecule has 1 rings (SSSR count). The minimum absolute atomic E-state index is 0.134. The van der Waals surface area contributed by atoms with Crippen LogP contribution in [0.5, 0.6) is 0 Å². The number of likely N-dealkylation sites (N-methyl/N-ethyl adjacent to an activating group) is 1. The van der Waals surface area contributed by atoms with Crippen LogP contribution in [-0.4, -0.2) is 53.7 Å². The van der Waals surface area contributed by atoms with Gasteiger partial charge in [-0.05, 0) is 19.8 Å². The van der Waals surface area contributed by atoms with E-state index in [2.05, 4.69) is 6.58 Å². The van der Waals surface area contributed by atoms with Gasteiger partial charge in [0.25, 0.3) is 0 Å².